The molecule has 1 aromatic carbocycles. The maximum Gasteiger partial charge on any atom is 0.120 e. The van der Waals surface area contributed by atoms with Crippen LogP contribution in [0.2, 0.25) is 0 Å². The van der Waals surface area contributed by atoms with Crippen molar-refractivity contribution in [2.24, 2.45) is 5.92 Å². The number of hydrogen-bond acceptors (Lipinski definition) is 3. The van der Waals surface area contributed by atoms with Gasteiger partial charge in [0, 0.05) is 18.2 Å². The first-order chi connectivity index (χ1) is 8.08. The third-order valence-corrected chi connectivity index (χ3v) is 3.45. The summed E-state index contributed by atoms with van der Waals surface area (Å²) in [7, 11) is 0. The molecule has 0 saturated heterocycles. The second-order valence-corrected chi connectivity index (χ2v) is 5.10. The average Bonchev–Trinajstić information content (AvgIpc) is 3.12. The van der Waals surface area contributed by atoms with Gasteiger partial charge in [-0.1, -0.05) is 17.7 Å². The molecule has 94 valence electrons. The summed E-state index contributed by atoms with van der Waals surface area (Å²) in [5.74, 6) is 0.803. The summed E-state index contributed by atoms with van der Waals surface area (Å²) in [4.78, 5) is 0. The van der Waals surface area contributed by atoms with Gasteiger partial charge in [-0.3, -0.25) is 0 Å². The number of aliphatic hydroxyl groups is 1. The molecule has 1 fully saturated rings. The number of aromatic hydroxyl groups is 1. The van der Waals surface area contributed by atoms with E-state index in [0.29, 0.717) is 18.2 Å². The van der Waals surface area contributed by atoms with Crippen molar-refractivity contribution in [3.8, 4) is 5.75 Å². The number of benzene rings is 1. The number of hydrogen-bond donors (Lipinski definition) is 3. The highest BCUT2D eigenvalue weighted by Crippen LogP contribution is 2.32. The molecule has 3 heteroatoms. The van der Waals surface area contributed by atoms with E-state index in [1.165, 1.54) is 0 Å². The van der Waals surface area contributed by atoms with Gasteiger partial charge in [0.2, 0.25) is 0 Å². The average molecular weight is 235 g/mol. The summed E-state index contributed by atoms with van der Waals surface area (Å²) < 4.78 is 0. The summed E-state index contributed by atoms with van der Waals surface area (Å²) >= 11 is 0. The van der Waals surface area contributed by atoms with E-state index in [4.69, 9.17) is 0 Å². The molecule has 2 rings (SSSR count). The maximum absolute atomic E-state index is 9.79. The molecule has 1 aliphatic carbocycles. The van der Waals surface area contributed by atoms with E-state index in [2.05, 4.69) is 5.32 Å². The van der Waals surface area contributed by atoms with Gasteiger partial charge < -0.3 is 15.5 Å². The SMILES string of the molecule is Cc1ccc(O)c(C(C)NCC(O)C2CC2)c1. The van der Waals surface area contributed by atoms with E-state index < -0.39 is 0 Å². The number of nitrogens with one attached hydrogen (secondary N) is 1. The number of rotatable bonds is 5. The van der Waals surface area contributed by atoms with E-state index in [1.54, 1.807) is 6.07 Å². The molecular formula is C14H21NO2. The number of aliphatic hydroxyl groups excluding tert-OH is 1. The Morgan fingerprint density at radius 1 is 1.41 bits per heavy atom. The highest BCUT2D eigenvalue weighted by Gasteiger charge is 2.29. The zero-order valence-corrected chi connectivity index (χ0v) is 10.5. The van der Waals surface area contributed by atoms with Crippen LogP contribution in [0.1, 0.15) is 36.9 Å². The Bertz CT molecular complexity index is 388. The Morgan fingerprint density at radius 2 is 2.12 bits per heavy atom. The number of aryl methyl sites for hydroxylation is 1. The second-order valence-electron chi connectivity index (χ2n) is 5.10. The lowest BCUT2D eigenvalue weighted by Gasteiger charge is -2.18. The van der Waals surface area contributed by atoms with Crippen molar-refractivity contribution < 1.29 is 10.2 Å². The largest absolute Gasteiger partial charge is 0.508 e. The minimum Gasteiger partial charge on any atom is -0.508 e. The lowest BCUT2D eigenvalue weighted by Crippen LogP contribution is -2.30. The van der Waals surface area contributed by atoms with Crippen LogP contribution in [0, 0.1) is 12.8 Å². The quantitative estimate of drug-likeness (QED) is 0.732. The van der Waals surface area contributed by atoms with Crippen LogP contribution in [0.5, 0.6) is 5.75 Å². The Morgan fingerprint density at radius 3 is 2.76 bits per heavy atom. The van der Waals surface area contributed by atoms with Crippen molar-refractivity contribution in [1.29, 1.82) is 0 Å². The molecule has 0 aliphatic heterocycles. The van der Waals surface area contributed by atoms with Gasteiger partial charge >= 0.3 is 0 Å². The van der Waals surface area contributed by atoms with Gasteiger partial charge in [-0.25, -0.2) is 0 Å². The molecule has 2 unspecified atom stereocenters. The van der Waals surface area contributed by atoms with Crippen molar-refractivity contribution in [1.82, 2.24) is 5.32 Å². The molecule has 0 heterocycles. The van der Waals surface area contributed by atoms with Gasteiger partial charge in [0.15, 0.2) is 0 Å². The fourth-order valence-electron chi connectivity index (χ4n) is 2.08. The second kappa shape index (κ2) is 5.07. The number of phenolic OH excluding ortho intramolecular Hbond substituents is 1. The smallest absolute Gasteiger partial charge is 0.120 e. The fourth-order valence-corrected chi connectivity index (χ4v) is 2.08. The first-order valence-corrected chi connectivity index (χ1v) is 6.29. The van der Waals surface area contributed by atoms with Crippen molar-refractivity contribution in [2.45, 2.75) is 38.8 Å². The minimum absolute atomic E-state index is 0.0586. The van der Waals surface area contributed by atoms with Gasteiger partial charge in [-0.2, -0.15) is 0 Å². The van der Waals surface area contributed by atoms with Crippen LogP contribution in [0.15, 0.2) is 18.2 Å². The highest BCUT2D eigenvalue weighted by molar-refractivity contribution is 5.37. The van der Waals surface area contributed by atoms with Crippen LogP contribution < -0.4 is 5.32 Å². The minimum atomic E-state index is -0.246. The van der Waals surface area contributed by atoms with Crippen LogP contribution >= 0.6 is 0 Å². The Kier molecular flexibility index (Phi) is 3.69. The molecule has 17 heavy (non-hydrogen) atoms. The lowest BCUT2D eigenvalue weighted by atomic mass is 10.0. The molecule has 3 nitrogen and oxygen atoms in total. The molecule has 0 bridgehead atoms. The van der Waals surface area contributed by atoms with Gasteiger partial charge in [0.05, 0.1) is 6.10 Å². The normalized spacial score (nSPS) is 19.0. The van der Waals surface area contributed by atoms with E-state index >= 15 is 0 Å². The fraction of sp³-hybridized carbons (Fsp3) is 0.571. The topological polar surface area (TPSA) is 52.5 Å². The Hall–Kier alpha value is -1.06. The predicted molar refractivity (Wildman–Crippen MR) is 68.0 cm³/mol. The van der Waals surface area contributed by atoms with Crippen LogP contribution in [0.25, 0.3) is 0 Å². The zero-order chi connectivity index (χ0) is 12.4. The van der Waals surface area contributed by atoms with Crippen molar-refractivity contribution in [3.05, 3.63) is 29.3 Å². The van der Waals surface area contributed by atoms with E-state index in [0.717, 1.165) is 24.0 Å². The molecule has 1 aromatic rings. The first kappa shape index (κ1) is 12.4. The molecular weight excluding hydrogens is 214 g/mol. The molecule has 0 aromatic heterocycles. The van der Waals surface area contributed by atoms with Gasteiger partial charge in [0.25, 0.3) is 0 Å². The zero-order valence-electron chi connectivity index (χ0n) is 10.5. The van der Waals surface area contributed by atoms with Crippen LogP contribution in [-0.2, 0) is 0 Å². The predicted octanol–water partition coefficient (Wildman–Crippen LogP) is 2.12. The standard InChI is InChI=1S/C14H21NO2/c1-9-3-6-13(16)12(7-9)10(2)15-8-14(17)11-4-5-11/h3,6-7,10-11,14-17H,4-5,8H2,1-2H3. The Labute approximate surface area is 102 Å². The van der Waals surface area contributed by atoms with Gasteiger partial charge in [-0.15, -0.1) is 0 Å². The maximum atomic E-state index is 9.79. The molecule has 3 N–H and O–H groups in total. The third-order valence-electron chi connectivity index (χ3n) is 3.45. The molecule has 0 spiro atoms. The van der Waals surface area contributed by atoms with Crippen molar-refractivity contribution in [3.63, 3.8) is 0 Å². The van der Waals surface area contributed by atoms with Gasteiger partial charge in [-0.05, 0) is 38.7 Å². The lowest BCUT2D eigenvalue weighted by molar-refractivity contribution is 0.145. The van der Waals surface area contributed by atoms with Crippen LogP contribution in [0.3, 0.4) is 0 Å². The van der Waals surface area contributed by atoms with Crippen LogP contribution in [-0.4, -0.2) is 22.9 Å². The third kappa shape index (κ3) is 3.20. The van der Waals surface area contributed by atoms with E-state index in [-0.39, 0.29) is 12.1 Å². The summed E-state index contributed by atoms with van der Waals surface area (Å²) in [5.41, 5.74) is 2.03. The molecule has 1 aliphatic rings. The summed E-state index contributed by atoms with van der Waals surface area (Å²) in [6, 6.07) is 5.66. The monoisotopic (exact) mass is 235 g/mol. The van der Waals surface area contributed by atoms with E-state index in [9.17, 15) is 10.2 Å². The highest BCUT2D eigenvalue weighted by atomic mass is 16.3. The molecule has 0 radical (unpaired) electrons. The Balaban J connectivity index is 1.93. The summed E-state index contributed by atoms with van der Waals surface area (Å²) in [6.45, 7) is 4.61. The molecule has 0 amide bonds. The molecule has 1 saturated carbocycles. The summed E-state index contributed by atoms with van der Waals surface area (Å²) in [5, 5.41) is 22.9. The first-order valence-electron chi connectivity index (χ1n) is 6.29. The molecule has 2 atom stereocenters. The van der Waals surface area contributed by atoms with Crippen molar-refractivity contribution >= 4 is 0 Å². The summed E-state index contributed by atoms with van der Waals surface area (Å²) in [6.07, 6.45) is 2.05. The van der Waals surface area contributed by atoms with E-state index in [1.807, 2.05) is 26.0 Å². The van der Waals surface area contributed by atoms with Crippen LogP contribution in [0.4, 0.5) is 0 Å². The van der Waals surface area contributed by atoms with Crippen molar-refractivity contribution in [2.75, 3.05) is 6.54 Å². The van der Waals surface area contributed by atoms with Gasteiger partial charge in [0.1, 0.15) is 5.75 Å². The number of phenols is 1.